The van der Waals surface area contributed by atoms with Gasteiger partial charge in [-0.3, -0.25) is 9.59 Å². The normalized spacial score (nSPS) is 31.4. The van der Waals surface area contributed by atoms with Gasteiger partial charge in [-0.15, -0.1) is 11.8 Å². The summed E-state index contributed by atoms with van der Waals surface area (Å²) in [5.74, 6) is -1.55. The van der Waals surface area contributed by atoms with Crippen molar-refractivity contribution in [3.05, 3.63) is 12.2 Å². The lowest BCUT2D eigenvalue weighted by atomic mass is 9.94. The standard InChI is InChI=1S/C13H18N2O5S/c1-4-5-8(16)14-13(20-3)11(19)15-9(10(17)18)7(2)6-21-12(13)15/h9,12H,2,4-6H2,1,3H3,(H,14,16)(H,17,18)/t9?,12-,13?/m0/s1. The SMILES string of the molecule is C=C1CS[C@@H]2N(C(=O)C2(NC(=O)CCC)OC)C1C(=O)O. The fourth-order valence-electron chi connectivity index (χ4n) is 2.59. The molecular weight excluding hydrogens is 296 g/mol. The zero-order valence-electron chi connectivity index (χ0n) is 11.9. The topological polar surface area (TPSA) is 95.9 Å². The highest BCUT2D eigenvalue weighted by molar-refractivity contribution is 8.00. The summed E-state index contributed by atoms with van der Waals surface area (Å²) in [5.41, 5.74) is -1.01. The summed E-state index contributed by atoms with van der Waals surface area (Å²) in [6, 6.07) is -1.06. The minimum Gasteiger partial charge on any atom is -0.479 e. The van der Waals surface area contributed by atoms with E-state index < -0.39 is 29.0 Å². The molecule has 2 aliphatic heterocycles. The monoisotopic (exact) mass is 314 g/mol. The number of β-lactam (4-membered cyclic amide) rings is 1. The molecule has 2 N–H and O–H groups in total. The number of carboxylic acids is 1. The van der Waals surface area contributed by atoms with Gasteiger partial charge >= 0.3 is 5.97 Å². The predicted octanol–water partition coefficient (Wildman–Crippen LogP) is 0.170. The first-order chi connectivity index (χ1) is 9.89. The molecule has 3 atom stereocenters. The largest absolute Gasteiger partial charge is 0.479 e. The van der Waals surface area contributed by atoms with E-state index in [-0.39, 0.29) is 12.3 Å². The number of thioether (sulfide) groups is 1. The Labute approximate surface area is 126 Å². The van der Waals surface area contributed by atoms with Crippen molar-refractivity contribution < 1.29 is 24.2 Å². The smallest absolute Gasteiger partial charge is 0.330 e. The van der Waals surface area contributed by atoms with Crippen molar-refractivity contribution in [2.75, 3.05) is 12.9 Å². The van der Waals surface area contributed by atoms with Crippen molar-refractivity contribution in [3.8, 4) is 0 Å². The van der Waals surface area contributed by atoms with E-state index in [1.165, 1.54) is 23.8 Å². The molecule has 0 saturated carbocycles. The van der Waals surface area contributed by atoms with Crippen LogP contribution in [0.5, 0.6) is 0 Å². The van der Waals surface area contributed by atoms with E-state index in [9.17, 15) is 19.5 Å². The van der Waals surface area contributed by atoms with Crippen LogP contribution in [0.3, 0.4) is 0 Å². The number of carbonyl (C=O) groups is 3. The van der Waals surface area contributed by atoms with Crippen LogP contribution in [0.25, 0.3) is 0 Å². The molecule has 21 heavy (non-hydrogen) atoms. The van der Waals surface area contributed by atoms with Gasteiger partial charge in [-0.2, -0.15) is 0 Å². The number of rotatable bonds is 5. The van der Waals surface area contributed by atoms with Crippen molar-refractivity contribution >= 4 is 29.5 Å². The van der Waals surface area contributed by atoms with E-state index in [0.29, 0.717) is 17.7 Å². The van der Waals surface area contributed by atoms with Crippen molar-refractivity contribution in [1.82, 2.24) is 10.2 Å². The Morgan fingerprint density at radius 2 is 2.29 bits per heavy atom. The molecule has 0 aromatic rings. The number of aliphatic carboxylic acids is 1. The molecule has 0 radical (unpaired) electrons. The van der Waals surface area contributed by atoms with Gasteiger partial charge in [0.25, 0.3) is 11.6 Å². The third-order valence-corrected chi connectivity index (χ3v) is 5.01. The molecule has 2 unspecified atom stereocenters. The van der Waals surface area contributed by atoms with Crippen LogP contribution in [0.2, 0.25) is 0 Å². The van der Waals surface area contributed by atoms with E-state index in [2.05, 4.69) is 11.9 Å². The van der Waals surface area contributed by atoms with Gasteiger partial charge in [0.05, 0.1) is 0 Å². The fourth-order valence-corrected chi connectivity index (χ4v) is 3.99. The first-order valence-corrected chi connectivity index (χ1v) is 7.65. The lowest BCUT2D eigenvalue weighted by Gasteiger charge is -2.58. The summed E-state index contributed by atoms with van der Waals surface area (Å²) >= 11 is 1.34. The van der Waals surface area contributed by atoms with Gasteiger partial charge in [0, 0.05) is 19.3 Å². The molecule has 0 aromatic carbocycles. The molecule has 2 heterocycles. The van der Waals surface area contributed by atoms with Crippen LogP contribution in [0.1, 0.15) is 19.8 Å². The van der Waals surface area contributed by atoms with Crippen LogP contribution in [0.4, 0.5) is 0 Å². The molecule has 0 aliphatic carbocycles. The second-order valence-corrected chi connectivity index (χ2v) is 6.08. The number of carboxylic acid groups (broad SMARTS) is 1. The van der Waals surface area contributed by atoms with E-state index in [1.54, 1.807) is 0 Å². The Morgan fingerprint density at radius 3 is 2.81 bits per heavy atom. The van der Waals surface area contributed by atoms with Gasteiger partial charge in [0.1, 0.15) is 5.37 Å². The van der Waals surface area contributed by atoms with Crippen LogP contribution in [0, 0.1) is 0 Å². The van der Waals surface area contributed by atoms with Crippen LogP contribution in [0.15, 0.2) is 12.2 Å². The van der Waals surface area contributed by atoms with Gasteiger partial charge in [-0.1, -0.05) is 13.5 Å². The molecule has 2 amide bonds. The number of ether oxygens (including phenoxy) is 1. The van der Waals surface area contributed by atoms with Gasteiger partial charge in [-0.25, -0.2) is 4.79 Å². The number of nitrogens with zero attached hydrogens (tertiary/aromatic N) is 1. The second-order valence-electron chi connectivity index (χ2n) is 5.01. The number of hydrogen-bond acceptors (Lipinski definition) is 5. The quantitative estimate of drug-likeness (QED) is 0.427. The lowest BCUT2D eigenvalue weighted by molar-refractivity contribution is -0.202. The number of methoxy groups -OCH3 is 1. The van der Waals surface area contributed by atoms with Crippen LogP contribution < -0.4 is 5.32 Å². The highest BCUT2D eigenvalue weighted by Crippen LogP contribution is 2.46. The van der Waals surface area contributed by atoms with E-state index in [0.717, 1.165) is 0 Å². The average Bonchev–Trinajstić information content (AvgIpc) is 2.44. The summed E-state index contributed by atoms with van der Waals surface area (Å²) < 4.78 is 5.27. The maximum Gasteiger partial charge on any atom is 0.330 e. The fraction of sp³-hybridized carbons (Fsp3) is 0.615. The molecule has 0 bridgehead atoms. The third kappa shape index (κ3) is 2.32. The molecule has 2 fully saturated rings. The van der Waals surface area contributed by atoms with E-state index in [1.807, 2.05) is 6.92 Å². The number of amides is 2. The Kier molecular flexibility index (Phi) is 4.29. The molecule has 2 rings (SSSR count). The van der Waals surface area contributed by atoms with Crippen molar-refractivity contribution in [2.45, 2.75) is 36.9 Å². The Balaban J connectivity index is 2.24. The van der Waals surface area contributed by atoms with Gasteiger partial charge in [0.2, 0.25) is 5.91 Å². The Morgan fingerprint density at radius 1 is 1.62 bits per heavy atom. The number of fused-ring (bicyclic) bond motifs is 1. The zero-order valence-corrected chi connectivity index (χ0v) is 12.7. The van der Waals surface area contributed by atoms with Gasteiger partial charge in [0.15, 0.2) is 6.04 Å². The van der Waals surface area contributed by atoms with Crippen molar-refractivity contribution in [2.24, 2.45) is 0 Å². The maximum absolute atomic E-state index is 12.4. The van der Waals surface area contributed by atoms with Crippen LogP contribution in [-0.2, 0) is 19.1 Å². The number of nitrogens with one attached hydrogen (secondary N) is 1. The number of hydrogen-bond donors (Lipinski definition) is 2. The summed E-state index contributed by atoms with van der Waals surface area (Å²) in [6.45, 7) is 5.57. The molecule has 8 heteroatoms. The highest BCUT2D eigenvalue weighted by atomic mass is 32.2. The van der Waals surface area contributed by atoms with Crippen molar-refractivity contribution in [1.29, 1.82) is 0 Å². The van der Waals surface area contributed by atoms with Gasteiger partial charge < -0.3 is 20.1 Å². The lowest BCUT2D eigenvalue weighted by Crippen LogP contribution is -2.83. The molecular formula is C13H18N2O5S. The van der Waals surface area contributed by atoms with E-state index >= 15 is 0 Å². The average molecular weight is 314 g/mol. The molecule has 0 spiro atoms. The molecule has 116 valence electrons. The summed E-state index contributed by atoms with van der Waals surface area (Å²) in [6.07, 6.45) is 0.931. The minimum atomic E-state index is -1.47. The maximum atomic E-state index is 12.4. The highest BCUT2D eigenvalue weighted by Gasteiger charge is 2.67. The molecule has 2 aliphatic rings. The Hall–Kier alpha value is -1.54. The Bertz CT molecular complexity index is 509. The van der Waals surface area contributed by atoms with Gasteiger partial charge in [-0.05, 0) is 12.0 Å². The molecule has 7 nitrogen and oxygen atoms in total. The summed E-state index contributed by atoms with van der Waals surface area (Å²) in [5, 5.41) is 11.3. The van der Waals surface area contributed by atoms with E-state index in [4.69, 9.17) is 4.74 Å². The summed E-state index contributed by atoms with van der Waals surface area (Å²) in [4.78, 5) is 36.8. The first kappa shape index (κ1) is 15.8. The van der Waals surface area contributed by atoms with Crippen molar-refractivity contribution in [3.63, 3.8) is 0 Å². The first-order valence-electron chi connectivity index (χ1n) is 6.60. The zero-order chi connectivity index (χ0) is 15.8. The third-order valence-electron chi connectivity index (χ3n) is 3.60. The minimum absolute atomic E-state index is 0.283. The second kappa shape index (κ2) is 5.69. The summed E-state index contributed by atoms with van der Waals surface area (Å²) in [7, 11) is 1.33. The number of carbonyl (C=O) groups excluding carboxylic acids is 2. The predicted molar refractivity (Wildman–Crippen MR) is 76.4 cm³/mol. The molecule has 2 saturated heterocycles. The molecule has 0 aromatic heterocycles. The van der Waals surface area contributed by atoms with Crippen LogP contribution >= 0.6 is 11.8 Å². The van der Waals surface area contributed by atoms with Crippen LogP contribution in [-0.4, -0.2) is 57.8 Å².